The molecule has 1 atom stereocenters. The summed E-state index contributed by atoms with van der Waals surface area (Å²) in [6.07, 6.45) is -1.40. The number of ether oxygens (including phenoxy) is 2. The van der Waals surface area contributed by atoms with Crippen molar-refractivity contribution >= 4 is 35.3 Å². The number of nitro benzene ring substituents is 1. The zero-order valence-electron chi connectivity index (χ0n) is 15.9. The van der Waals surface area contributed by atoms with Crippen LogP contribution in [0.25, 0.3) is 0 Å². The Bertz CT molecular complexity index is 991. The number of non-ortho nitro benzene ring substituents is 1. The van der Waals surface area contributed by atoms with Crippen LogP contribution < -0.4 is 10.6 Å². The highest BCUT2D eigenvalue weighted by atomic mass is 16.6. The molecule has 0 aliphatic heterocycles. The number of rotatable bonds is 6. The lowest BCUT2D eigenvalue weighted by atomic mass is 10.1. The van der Waals surface area contributed by atoms with E-state index in [1.165, 1.54) is 6.92 Å². The predicted octanol–water partition coefficient (Wildman–Crippen LogP) is 2.28. The lowest BCUT2D eigenvalue weighted by Crippen LogP contribution is -2.41. The predicted molar refractivity (Wildman–Crippen MR) is 103 cm³/mol. The van der Waals surface area contributed by atoms with Gasteiger partial charge in [0.15, 0.2) is 6.10 Å². The van der Waals surface area contributed by atoms with Gasteiger partial charge in [-0.05, 0) is 25.1 Å². The number of hydrogen-bond acceptors (Lipinski definition) is 8. The zero-order chi connectivity index (χ0) is 22.3. The fraction of sp³-hybridized carbons (Fsp3) is 0.158. The lowest BCUT2D eigenvalue weighted by Gasteiger charge is -2.13. The number of imide groups is 1. The summed E-state index contributed by atoms with van der Waals surface area (Å²) >= 11 is 0. The molecule has 2 aromatic rings. The third-order valence-corrected chi connectivity index (χ3v) is 3.71. The maximum atomic E-state index is 12.3. The molecule has 2 N–H and O–H groups in total. The average Bonchev–Trinajstić information content (AvgIpc) is 2.73. The highest BCUT2D eigenvalue weighted by molar-refractivity contribution is 6.03. The first-order chi connectivity index (χ1) is 14.2. The van der Waals surface area contributed by atoms with Crippen molar-refractivity contribution in [3.63, 3.8) is 0 Å². The molecule has 2 rings (SSSR count). The molecule has 0 radical (unpaired) electrons. The van der Waals surface area contributed by atoms with E-state index in [1.54, 1.807) is 30.3 Å². The van der Waals surface area contributed by atoms with Gasteiger partial charge >= 0.3 is 18.0 Å². The number of para-hydroxylation sites is 1. The molecule has 0 fully saturated rings. The summed E-state index contributed by atoms with van der Waals surface area (Å²) in [6, 6.07) is 10.4. The van der Waals surface area contributed by atoms with Crippen molar-refractivity contribution in [2.45, 2.75) is 13.0 Å². The van der Waals surface area contributed by atoms with E-state index in [4.69, 9.17) is 4.74 Å². The number of urea groups is 1. The summed E-state index contributed by atoms with van der Waals surface area (Å²) in [7, 11) is 1.08. The summed E-state index contributed by atoms with van der Waals surface area (Å²) in [5, 5.41) is 15.5. The second kappa shape index (κ2) is 9.78. The monoisotopic (exact) mass is 415 g/mol. The van der Waals surface area contributed by atoms with Crippen molar-refractivity contribution in [2.24, 2.45) is 0 Å². The normalized spacial score (nSPS) is 11.0. The fourth-order valence-corrected chi connectivity index (χ4v) is 2.25. The van der Waals surface area contributed by atoms with Crippen LogP contribution in [0.3, 0.4) is 0 Å². The molecule has 0 saturated carbocycles. The first-order valence-corrected chi connectivity index (χ1v) is 8.47. The van der Waals surface area contributed by atoms with Gasteiger partial charge in [0, 0.05) is 17.8 Å². The van der Waals surface area contributed by atoms with E-state index in [2.05, 4.69) is 10.1 Å². The van der Waals surface area contributed by atoms with Crippen LogP contribution >= 0.6 is 0 Å². The Balaban J connectivity index is 2.06. The first kappa shape index (κ1) is 22.0. The number of anilines is 1. The number of nitrogens with zero attached hydrogens (tertiary/aromatic N) is 1. The topological polar surface area (TPSA) is 154 Å². The minimum absolute atomic E-state index is 0.238. The van der Waals surface area contributed by atoms with Crippen LogP contribution in [-0.4, -0.2) is 42.0 Å². The van der Waals surface area contributed by atoms with Crippen molar-refractivity contribution < 1.29 is 33.6 Å². The second-order valence-electron chi connectivity index (χ2n) is 5.87. The highest BCUT2D eigenvalue weighted by Crippen LogP contribution is 2.19. The van der Waals surface area contributed by atoms with Crippen molar-refractivity contribution in [1.29, 1.82) is 0 Å². The Labute approximate surface area is 170 Å². The zero-order valence-corrected chi connectivity index (χ0v) is 15.9. The first-order valence-electron chi connectivity index (χ1n) is 8.47. The van der Waals surface area contributed by atoms with Gasteiger partial charge in [-0.15, -0.1) is 0 Å². The summed E-state index contributed by atoms with van der Waals surface area (Å²) in [5.74, 6) is -2.92. The maximum absolute atomic E-state index is 12.3. The summed E-state index contributed by atoms with van der Waals surface area (Å²) < 4.78 is 9.44. The van der Waals surface area contributed by atoms with Gasteiger partial charge in [0.2, 0.25) is 0 Å². The van der Waals surface area contributed by atoms with Gasteiger partial charge in [0.05, 0.1) is 23.2 Å². The van der Waals surface area contributed by atoms with E-state index < -0.39 is 40.6 Å². The molecular formula is C19H17N3O8. The number of carbonyl (C=O) groups excluding carboxylic acids is 4. The van der Waals surface area contributed by atoms with E-state index >= 15 is 0 Å². The van der Waals surface area contributed by atoms with Crippen LogP contribution in [0.15, 0.2) is 48.5 Å². The van der Waals surface area contributed by atoms with Gasteiger partial charge in [-0.1, -0.05) is 18.2 Å². The van der Waals surface area contributed by atoms with Crippen molar-refractivity contribution in [1.82, 2.24) is 5.32 Å². The molecule has 0 aliphatic carbocycles. The van der Waals surface area contributed by atoms with Gasteiger partial charge in [-0.2, -0.15) is 0 Å². The summed E-state index contributed by atoms with van der Waals surface area (Å²) in [5.41, 5.74) is -0.667. The smallest absolute Gasteiger partial charge is 0.339 e. The van der Waals surface area contributed by atoms with E-state index in [0.717, 1.165) is 25.3 Å². The molecule has 0 aliphatic rings. The quantitative estimate of drug-likeness (QED) is 0.414. The molecule has 0 saturated heterocycles. The van der Waals surface area contributed by atoms with Crippen molar-refractivity contribution in [3.05, 3.63) is 69.8 Å². The van der Waals surface area contributed by atoms with Gasteiger partial charge in [0.25, 0.3) is 11.6 Å². The summed E-state index contributed by atoms with van der Waals surface area (Å²) in [4.78, 5) is 58.1. The van der Waals surface area contributed by atoms with Gasteiger partial charge in [-0.25, -0.2) is 14.4 Å². The Hall–Kier alpha value is -4.28. The van der Waals surface area contributed by atoms with E-state index in [0.29, 0.717) is 5.69 Å². The minimum Gasteiger partial charge on any atom is -0.465 e. The number of hydrogen-bond donors (Lipinski definition) is 2. The number of nitro groups is 1. The van der Waals surface area contributed by atoms with E-state index in [9.17, 15) is 29.3 Å². The molecule has 156 valence electrons. The number of methoxy groups -OCH3 is 1. The van der Waals surface area contributed by atoms with Crippen LogP contribution in [0.2, 0.25) is 0 Å². The molecule has 3 amide bonds. The van der Waals surface area contributed by atoms with Gasteiger partial charge in [0.1, 0.15) is 0 Å². The molecule has 0 heterocycles. The number of nitrogens with one attached hydrogen (secondary N) is 2. The van der Waals surface area contributed by atoms with Crippen molar-refractivity contribution in [3.8, 4) is 0 Å². The molecule has 11 heteroatoms. The molecule has 11 nitrogen and oxygen atoms in total. The number of esters is 2. The third-order valence-electron chi connectivity index (χ3n) is 3.71. The number of amides is 3. The molecule has 0 aromatic heterocycles. The SMILES string of the molecule is COC(=O)c1cc(C(=O)OC(C)C(=O)NC(=O)Nc2ccccc2)cc([N+](=O)[O-])c1. The fourth-order valence-electron chi connectivity index (χ4n) is 2.25. The summed E-state index contributed by atoms with van der Waals surface area (Å²) in [6.45, 7) is 1.21. The Kier molecular flexibility index (Phi) is 7.17. The number of benzene rings is 2. The largest absolute Gasteiger partial charge is 0.465 e. The maximum Gasteiger partial charge on any atom is 0.339 e. The molecular weight excluding hydrogens is 398 g/mol. The molecule has 1 unspecified atom stereocenters. The minimum atomic E-state index is -1.40. The Morgan fingerprint density at radius 1 is 1.00 bits per heavy atom. The van der Waals surface area contributed by atoms with Crippen molar-refractivity contribution in [2.75, 3.05) is 12.4 Å². The van der Waals surface area contributed by atoms with Gasteiger partial charge in [-0.3, -0.25) is 20.2 Å². The van der Waals surface area contributed by atoms with Crippen LogP contribution in [0, 0.1) is 10.1 Å². The molecule has 2 aromatic carbocycles. The van der Waals surface area contributed by atoms with Crippen LogP contribution in [0.4, 0.5) is 16.2 Å². The molecule has 0 bridgehead atoms. The molecule has 0 spiro atoms. The Morgan fingerprint density at radius 2 is 1.60 bits per heavy atom. The molecule has 30 heavy (non-hydrogen) atoms. The van der Waals surface area contributed by atoms with E-state index in [-0.39, 0.29) is 11.1 Å². The van der Waals surface area contributed by atoms with Crippen LogP contribution in [0.1, 0.15) is 27.6 Å². The lowest BCUT2D eigenvalue weighted by molar-refractivity contribution is -0.384. The third kappa shape index (κ3) is 5.86. The highest BCUT2D eigenvalue weighted by Gasteiger charge is 2.24. The number of carbonyl (C=O) groups is 4. The van der Waals surface area contributed by atoms with E-state index in [1.807, 2.05) is 5.32 Å². The Morgan fingerprint density at radius 3 is 2.17 bits per heavy atom. The second-order valence-corrected chi connectivity index (χ2v) is 5.87. The average molecular weight is 415 g/mol. The van der Waals surface area contributed by atoms with Crippen LogP contribution in [0.5, 0.6) is 0 Å². The van der Waals surface area contributed by atoms with Crippen LogP contribution in [-0.2, 0) is 14.3 Å². The standard InChI is InChI=1S/C19H17N3O8/c1-11(16(23)21-19(26)20-14-6-4-3-5-7-14)30-18(25)13-8-12(17(24)29-2)9-15(10-13)22(27)28/h3-11H,1-2H3,(H2,20,21,23,26). The van der Waals surface area contributed by atoms with Gasteiger partial charge < -0.3 is 14.8 Å².